The van der Waals surface area contributed by atoms with E-state index in [9.17, 15) is 9.90 Å². The number of hydrogen-bond donors (Lipinski definition) is 1. The molecule has 2 atom stereocenters. The highest BCUT2D eigenvalue weighted by Crippen LogP contribution is 2.36. The molecule has 5 heteroatoms. The van der Waals surface area contributed by atoms with Crippen LogP contribution in [0.1, 0.15) is 41.1 Å². The Bertz CT molecular complexity index is 656. The number of likely N-dealkylation sites (tertiary alicyclic amines) is 1. The molecule has 1 N–H and O–H groups in total. The van der Waals surface area contributed by atoms with Gasteiger partial charge in [0.25, 0.3) is 0 Å². The Kier molecular flexibility index (Phi) is 5.08. The van der Waals surface area contributed by atoms with Crippen LogP contribution in [0.5, 0.6) is 0 Å². The smallest absolute Gasteiger partial charge is 0.307 e. The van der Waals surface area contributed by atoms with Crippen LogP contribution in [-0.2, 0) is 11.2 Å². The number of carboxylic acids is 1. The van der Waals surface area contributed by atoms with Crippen LogP contribution >= 0.6 is 11.3 Å². The number of carboxylic acid groups (broad SMARTS) is 1. The Morgan fingerprint density at radius 3 is 3.00 bits per heavy atom. The summed E-state index contributed by atoms with van der Waals surface area (Å²) in [5, 5.41) is 9.38. The number of rotatable bonds is 5. The number of aryl methyl sites for hydroxylation is 1. The van der Waals surface area contributed by atoms with E-state index in [1.54, 1.807) is 6.20 Å². The zero-order valence-corrected chi connectivity index (χ0v) is 14.1. The van der Waals surface area contributed by atoms with Crippen molar-refractivity contribution < 1.29 is 9.90 Å². The first-order valence-corrected chi connectivity index (χ1v) is 8.96. The molecule has 0 aromatic carbocycles. The topological polar surface area (TPSA) is 53.4 Å². The van der Waals surface area contributed by atoms with E-state index < -0.39 is 5.97 Å². The van der Waals surface area contributed by atoms with Crippen LogP contribution < -0.4 is 0 Å². The van der Waals surface area contributed by atoms with Gasteiger partial charge >= 0.3 is 5.97 Å². The molecule has 23 heavy (non-hydrogen) atoms. The first-order chi connectivity index (χ1) is 11.2. The van der Waals surface area contributed by atoms with Crippen LogP contribution in [-0.4, -0.2) is 34.0 Å². The highest BCUT2D eigenvalue weighted by molar-refractivity contribution is 7.12. The molecule has 0 aliphatic carbocycles. The van der Waals surface area contributed by atoms with E-state index in [1.807, 2.05) is 23.6 Å². The lowest BCUT2D eigenvalue weighted by Crippen LogP contribution is -2.41. The average Bonchev–Trinajstić information content (AvgIpc) is 3.05. The molecule has 2 unspecified atom stereocenters. The van der Waals surface area contributed by atoms with Crippen LogP contribution in [0, 0.1) is 5.92 Å². The molecule has 0 radical (unpaired) electrons. The molecule has 1 aliphatic rings. The second kappa shape index (κ2) is 7.23. The zero-order chi connectivity index (χ0) is 16.2. The van der Waals surface area contributed by atoms with Gasteiger partial charge in [0.1, 0.15) is 0 Å². The normalized spacial score (nSPS) is 20.3. The van der Waals surface area contributed by atoms with Gasteiger partial charge in [0, 0.05) is 28.7 Å². The molecule has 2 aromatic rings. The molecule has 3 rings (SSSR count). The Balaban J connectivity index is 1.93. The van der Waals surface area contributed by atoms with E-state index >= 15 is 0 Å². The molecule has 0 bridgehead atoms. The van der Waals surface area contributed by atoms with Gasteiger partial charge in [-0.3, -0.25) is 14.7 Å². The van der Waals surface area contributed by atoms with Gasteiger partial charge in [-0.15, -0.1) is 11.3 Å². The highest BCUT2D eigenvalue weighted by atomic mass is 32.1. The van der Waals surface area contributed by atoms with E-state index in [1.165, 1.54) is 9.75 Å². The predicted octanol–water partition coefficient (Wildman–Crippen LogP) is 3.59. The summed E-state index contributed by atoms with van der Waals surface area (Å²) in [7, 11) is 0. The number of pyridine rings is 1. The van der Waals surface area contributed by atoms with Gasteiger partial charge in [0.05, 0.1) is 12.0 Å². The summed E-state index contributed by atoms with van der Waals surface area (Å²) < 4.78 is 0. The predicted molar refractivity (Wildman–Crippen MR) is 91.7 cm³/mol. The van der Waals surface area contributed by atoms with Gasteiger partial charge in [-0.2, -0.15) is 0 Å². The maximum absolute atomic E-state index is 11.4. The van der Waals surface area contributed by atoms with E-state index in [2.05, 4.69) is 35.0 Å². The van der Waals surface area contributed by atoms with Crippen molar-refractivity contribution in [3.05, 3.63) is 52.0 Å². The van der Waals surface area contributed by atoms with Gasteiger partial charge in [0.2, 0.25) is 0 Å². The van der Waals surface area contributed by atoms with E-state index in [0.717, 1.165) is 31.4 Å². The molecule has 0 saturated carbocycles. The van der Waals surface area contributed by atoms with E-state index in [4.69, 9.17) is 0 Å². The fraction of sp³-hybridized carbons (Fsp3) is 0.444. The van der Waals surface area contributed by atoms with Crippen molar-refractivity contribution in [2.45, 2.75) is 32.2 Å². The lowest BCUT2D eigenvalue weighted by Gasteiger charge is -2.36. The second-order valence-corrected chi connectivity index (χ2v) is 7.22. The standard InChI is InChI=1S/C18H22N2O2S/c1-2-15-7-8-16(23-15)17(13-5-3-9-19-11-13)20-10-4-6-14(12-20)18(21)22/h3,5,7-9,11,14,17H,2,4,6,10,12H2,1H3,(H,21,22). The monoisotopic (exact) mass is 330 g/mol. The molecule has 4 nitrogen and oxygen atoms in total. The minimum absolute atomic E-state index is 0.108. The number of aliphatic carboxylic acids is 1. The van der Waals surface area contributed by atoms with Crippen LogP contribution in [0.2, 0.25) is 0 Å². The molecule has 3 heterocycles. The number of hydrogen-bond acceptors (Lipinski definition) is 4. The molecular formula is C18H22N2O2S. The first kappa shape index (κ1) is 16.1. The third-order valence-corrected chi connectivity index (χ3v) is 5.75. The summed E-state index contributed by atoms with van der Waals surface area (Å²) in [5.41, 5.74) is 1.14. The van der Waals surface area contributed by atoms with Gasteiger partial charge in [-0.1, -0.05) is 13.0 Å². The maximum Gasteiger partial charge on any atom is 0.307 e. The molecule has 2 aromatic heterocycles. The van der Waals surface area contributed by atoms with Crippen molar-refractivity contribution in [2.75, 3.05) is 13.1 Å². The Morgan fingerprint density at radius 2 is 2.35 bits per heavy atom. The first-order valence-electron chi connectivity index (χ1n) is 8.14. The second-order valence-electron chi connectivity index (χ2n) is 6.02. The molecule has 0 amide bonds. The van der Waals surface area contributed by atoms with Gasteiger partial charge < -0.3 is 5.11 Å². The largest absolute Gasteiger partial charge is 0.481 e. The summed E-state index contributed by atoms with van der Waals surface area (Å²) in [6.07, 6.45) is 6.42. The average molecular weight is 330 g/mol. The van der Waals surface area contributed by atoms with Crippen LogP contribution in [0.4, 0.5) is 0 Å². The Morgan fingerprint density at radius 1 is 1.48 bits per heavy atom. The highest BCUT2D eigenvalue weighted by Gasteiger charge is 2.32. The number of piperidine rings is 1. The van der Waals surface area contributed by atoms with E-state index in [0.29, 0.717) is 6.54 Å². The third-order valence-electron chi connectivity index (χ3n) is 4.47. The fourth-order valence-corrected chi connectivity index (χ4v) is 4.38. The number of aromatic nitrogens is 1. The summed E-state index contributed by atoms with van der Waals surface area (Å²) in [5.74, 6) is -0.950. The van der Waals surface area contributed by atoms with Crippen molar-refractivity contribution in [3.63, 3.8) is 0 Å². The third kappa shape index (κ3) is 3.62. The summed E-state index contributed by atoms with van der Waals surface area (Å²) in [6, 6.07) is 8.52. The molecule has 1 fully saturated rings. The minimum atomic E-state index is -0.680. The number of nitrogens with zero attached hydrogens (tertiary/aromatic N) is 2. The molecule has 0 spiro atoms. The lowest BCUT2D eigenvalue weighted by molar-refractivity contribution is -0.143. The molecule has 122 valence electrons. The van der Waals surface area contributed by atoms with Crippen molar-refractivity contribution >= 4 is 17.3 Å². The van der Waals surface area contributed by atoms with Crippen molar-refractivity contribution in [1.29, 1.82) is 0 Å². The zero-order valence-electron chi connectivity index (χ0n) is 13.3. The van der Waals surface area contributed by atoms with Crippen molar-refractivity contribution in [2.24, 2.45) is 5.92 Å². The van der Waals surface area contributed by atoms with Crippen molar-refractivity contribution in [3.8, 4) is 0 Å². The quantitative estimate of drug-likeness (QED) is 0.910. The van der Waals surface area contributed by atoms with Crippen LogP contribution in [0.25, 0.3) is 0 Å². The lowest BCUT2D eigenvalue weighted by atomic mass is 9.94. The van der Waals surface area contributed by atoms with Gasteiger partial charge in [0.15, 0.2) is 0 Å². The van der Waals surface area contributed by atoms with Gasteiger partial charge in [-0.25, -0.2) is 0 Å². The summed E-state index contributed by atoms with van der Waals surface area (Å²) >= 11 is 1.82. The maximum atomic E-state index is 11.4. The Labute approximate surface area is 140 Å². The molecule has 1 aliphatic heterocycles. The number of carbonyl (C=O) groups is 1. The summed E-state index contributed by atoms with van der Waals surface area (Å²) in [4.78, 5) is 20.6. The van der Waals surface area contributed by atoms with Crippen LogP contribution in [0.3, 0.4) is 0 Å². The summed E-state index contributed by atoms with van der Waals surface area (Å²) in [6.45, 7) is 3.70. The van der Waals surface area contributed by atoms with Gasteiger partial charge in [-0.05, 0) is 49.6 Å². The van der Waals surface area contributed by atoms with Crippen LogP contribution in [0.15, 0.2) is 36.7 Å². The Hall–Kier alpha value is -1.72. The SMILES string of the molecule is CCc1ccc(C(c2cccnc2)N2CCCC(C(=O)O)C2)s1. The molecule has 1 saturated heterocycles. The van der Waals surface area contributed by atoms with E-state index in [-0.39, 0.29) is 12.0 Å². The fourth-order valence-electron chi connectivity index (χ4n) is 3.27. The van der Waals surface area contributed by atoms with Crippen molar-refractivity contribution in [1.82, 2.24) is 9.88 Å². The molecular weight excluding hydrogens is 308 g/mol. The minimum Gasteiger partial charge on any atom is -0.481 e. The number of thiophene rings is 1.